The molecule has 0 aromatic heterocycles. The number of para-hydroxylation sites is 1. The number of nitrogens with zero attached hydrogens (tertiary/aromatic N) is 1. The van der Waals surface area contributed by atoms with Crippen molar-refractivity contribution in [1.29, 1.82) is 0 Å². The van der Waals surface area contributed by atoms with Crippen LogP contribution < -0.4 is 0 Å². The molecule has 0 spiro atoms. The largest absolute Gasteiger partial charge is 0.299 e. The van der Waals surface area contributed by atoms with Gasteiger partial charge in [0.2, 0.25) is 0 Å². The molecule has 5 heteroatoms. The van der Waals surface area contributed by atoms with Gasteiger partial charge in [0.25, 0.3) is 5.69 Å². The highest BCUT2D eigenvalue weighted by atomic mass is 79.9. The van der Waals surface area contributed by atoms with Crippen molar-refractivity contribution in [3.8, 4) is 0 Å². The van der Waals surface area contributed by atoms with E-state index in [1.54, 1.807) is 18.2 Å². The maximum Gasteiger partial charge on any atom is 0.272 e. The summed E-state index contributed by atoms with van der Waals surface area (Å²) in [6, 6.07) is 6.44. The number of benzene rings is 1. The highest BCUT2D eigenvalue weighted by Crippen LogP contribution is 2.21. The van der Waals surface area contributed by atoms with Crippen molar-refractivity contribution >= 4 is 27.4 Å². The molecule has 0 aliphatic carbocycles. The Balaban J connectivity index is 2.94. The van der Waals surface area contributed by atoms with Gasteiger partial charge >= 0.3 is 0 Å². The summed E-state index contributed by atoms with van der Waals surface area (Å²) in [5.74, 6) is -0.0341. The predicted octanol–water partition coefficient (Wildman–Crippen LogP) is 2.49. The third kappa shape index (κ3) is 3.13. The molecule has 1 unspecified atom stereocenters. The Labute approximate surface area is 95.6 Å². The zero-order valence-corrected chi connectivity index (χ0v) is 9.73. The third-order valence-corrected chi connectivity index (χ3v) is 3.00. The highest BCUT2D eigenvalue weighted by molar-refractivity contribution is 9.10. The van der Waals surface area contributed by atoms with Crippen LogP contribution in [0.25, 0.3) is 0 Å². The molecular formula is C10H10BrNO3. The number of alkyl halides is 1. The molecule has 0 saturated heterocycles. The molecule has 80 valence electrons. The molecule has 0 radical (unpaired) electrons. The molecule has 1 rings (SSSR count). The zero-order chi connectivity index (χ0) is 11.4. The van der Waals surface area contributed by atoms with Crippen LogP contribution in [-0.4, -0.2) is 15.5 Å². The lowest BCUT2D eigenvalue weighted by Crippen LogP contribution is -2.13. The van der Waals surface area contributed by atoms with E-state index >= 15 is 0 Å². The van der Waals surface area contributed by atoms with Gasteiger partial charge in [-0.2, -0.15) is 0 Å². The monoisotopic (exact) mass is 271 g/mol. The van der Waals surface area contributed by atoms with Crippen molar-refractivity contribution in [1.82, 2.24) is 0 Å². The Bertz CT molecular complexity index is 392. The summed E-state index contributed by atoms with van der Waals surface area (Å²) >= 11 is 3.19. The number of nitro groups is 1. The van der Waals surface area contributed by atoms with Crippen LogP contribution >= 0.6 is 15.9 Å². The topological polar surface area (TPSA) is 60.2 Å². The van der Waals surface area contributed by atoms with Crippen molar-refractivity contribution in [2.75, 3.05) is 0 Å². The Morgan fingerprint density at radius 3 is 2.67 bits per heavy atom. The number of hydrogen-bond acceptors (Lipinski definition) is 3. The number of halogens is 1. The quantitative estimate of drug-likeness (QED) is 0.480. The molecule has 0 amide bonds. The van der Waals surface area contributed by atoms with Gasteiger partial charge in [-0.3, -0.25) is 14.9 Å². The highest BCUT2D eigenvalue weighted by Gasteiger charge is 2.17. The fraction of sp³-hybridized carbons (Fsp3) is 0.300. The van der Waals surface area contributed by atoms with Crippen molar-refractivity contribution in [3.63, 3.8) is 0 Å². The molecule has 0 aliphatic heterocycles. The first kappa shape index (κ1) is 11.8. The minimum Gasteiger partial charge on any atom is -0.299 e. The Kier molecular flexibility index (Phi) is 3.96. The fourth-order valence-corrected chi connectivity index (χ4v) is 1.55. The molecule has 1 aromatic carbocycles. The second kappa shape index (κ2) is 5.02. The molecule has 15 heavy (non-hydrogen) atoms. The van der Waals surface area contributed by atoms with E-state index < -0.39 is 4.92 Å². The van der Waals surface area contributed by atoms with Crippen LogP contribution in [0.2, 0.25) is 0 Å². The van der Waals surface area contributed by atoms with Crippen molar-refractivity contribution in [3.05, 3.63) is 39.9 Å². The third-order valence-electron chi connectivity index (χ3n) is 2.03. The van der Waals surface area contributed by atoms with Gasteiger partial charge in [0.1, 0.15) is 5.78 Å². The Hall–Kier alpha value is -1.23. The van der Waals surface area contributed by atoms with Gasteiger partial charge < -0.3 is 0 Å². The van der Waals surface area contributed by atoms with Gasteiger partial charge in [-0.15, -0.1) is 0 Å². The van der Waals surface area contributed by atoms with Crippen LogP contribution in [0.15, 0.2) is 24.3 Å². The lowest BCUT2D eigenvalue weighted by Gasteiger charge is -2.05. The Morgan fingerprint density at radius 1 is 1.53 bits per heavy atom. The summed E-state index contributed by atoms with van der Waals surface area (Å²) in [7, 11) is 0. The van der Waals surface area contributed by atoms with Crippen LogP contribution in [0.4, 0.5) is 5.69 Å². The standard InChI is InChI=1S/C10H10BrNO3/c1-7(13)9(11)6-8-4-2-3-5-10(8)12(14)15/h2-5,9H,6H2,1H3. The molecular weight excluding hydrogens is 262 g/mol. The van der Waals surface area contributed by atoms with Crippen molar-refractivity contribution < 1.29 is 9.72 Å². The van der Waals surface area contributed by atoms with Crippen LogP contribution in [0.3, 0.4) is 0 Å². The number of hydrogen-bond donors (Lipinski definition) is 0. The minimum atomic E-state index is -0.435. The fourth-order valence-electron chi connectivity index (χ4n) is 1.20. The van der Waals surface area contributed by atoms with Gasteiger partial charge in [-0.05, 0) is 13.3 Å². The molecule has 0 N–H and O–H groups in total. The van der Waals surface area contributed by atoms with Crippen LogP contribution in [0.5, 0.6) is 0 Å². The van der Waals surface area contributed by atoms with E-state index in [4.69, 9.17) is 0 Å². The molecule has 0 aliphatic rings. The second-order valence-corrected chi connectivity index (χ2v) is 4.27. The van der Waals surface area contributed by atoms with Gasteiger partial charge in [0, 0.05) is 11.6 Å². The number of carbonyl (C=O) groups is 1. The summed E-state index contributed by atoms with van der Waals surface area (Å²) in [6.07, 6.45) is 0.340. The number of nitro benzene ring substituents is 1. The van der Waals surface area contributed by atoms with Gasteiger partial charge in [0.15, 0.2) is 0 Å². The van der Waals surface area contributed by atoms with E-state index in [9.17, 15) is 14.9 Å². The normalized spacial score (nSPS) is 12.1. The predicted molar refractivity (Wildman–Crippen MR) is 60.2 cm³/mol. The number of rotatable bonds is 4. The Morgan fingerprint density at radius 2 is 2.13 bits per heavy atom. The van der Waals surface area contributed by atoms with E-state index in [0.29, 0.717) is 12.0 Å². The van der Waals surface area contributed by atoms with Crippen molar-refractivity contribution in [2.45, 2.75) is 18.2 Å². The van der Waals surface area contributed by atoms with E-state index in [2.05, 4.69) is 15.9 Å². The average molecular weight is 272 g/mol. The smallest absolute Gasteiger partial charge is 0.272 e. The van der Waals surface area contributed by atoms with Crippen molar-refractivity contribution in [2.24, 2.45) is 0 Å². The molecule has 1 aromatic rings. The maximum absolute atomic E-state index is 11.0. The summed E-state index contributed by atoms with van der Waals surface area (Å²) in [6.45, 7) is 1.45. The van der Waals surface area contributed by atoms with E-state index in [1.165, 1.54) is 13.0 Å². The van der Waals surface area contributed by atoms with E-state index in [1.807, 2.05) is 0 Å². The number of carbonyl (C=O) groups excluding carboxylic acids is 1. The second-order valence-electron chi connectivity index (χ2n) is 3.17. The average Bonchev–Trinajstić information content (AvgIpc) is 2.18. The SMILES string of the molecule is CC(=O)C(Br)Cc1ccccc1[N+](=O)[O-]. The first-order valence-corrected chi connectivity index (χ1v) is 5.30. The summed E-state index contributed by atoms with van der Waals surface area (Å²) in [5.41, 5.74) is 0.628. The van der Waals surface area contributed by atoms with E-state index in [-0.39, 0.29) is 16.3 Å². The number of Topliss-reactive ketones (excluding diaryl/α,β-unsaturated/α-hetero) is 1. The molecule has 0 fully saturated rings. The first-order chi connectivity index (χ1) is 7.02. The lowest BCUT2D eigenvalue weighted by molar-refractivity contribution is -0.385. The zero-order valence-electron chi connectivity index (χ0n) is 8.14. The number of ketones is 1. The molecule has 1 atom stereocenters. The summed E-state index contributed by atoms with van der Waals surface area (Å²) in [4.78, 5) is 20.9. The summed E-state index contributed by atoms with van der Waals surface area (Å²) in [5, 5.41) is 10.7. The van der Waals surface area contributed by atoms with Crippen LogP contribution in [0.1, 0.15) is 12.5 Å². The minimum absolute atomic E-state index is 0.0341. The molecule has 0 saturated carbocycles. The molecule has 0 heterocycles. The van der Waals surface area contributed by atoms with Crippen LogP contribution in [-0.2, 0) is 11.2 Å². The van der Waals surface area contributed by atoms with Gasteiger partial charge in [-0.1, -0.05) is 34.1 Å². The first-order valence-electron chi connectivity index (χ1n) is 4.39. The maximum atomic E-state index is 11.0. The van der Waals surface area contributed by atoms with Crippen LogP contribution in [0, 0.1) is 10.1 Å². The molecule has 4 nitrogen and oxygen atoms in total. The van der Waals surface area contributed by atoms with Gasteiger partial charge in [0.05, 0.1) is 9.75 Å². The summed E-state index contributed by atoms with van der Waals surface area (Å²) < 4.78 is 0. The molecule has 0 bridgehead atoms. The lowest BCUT2D eigenvalue weighted by atomic mass is 10.1. The van der Waals surface area contributed by atoms with Gasteiger partial charge in [-0.25, -0.2) is 0 Å². The van der Waals surface area contributed by atoms with E-state index in [0.717, 1.165) is 0 Å².